The SMILES string of the molecule is CCOc1ccc(/C=C(/C#N)C(=O)Nc2ccc(CC)cc2)c2ccccc12. The van der Waals surface area contributed by atoms with E-state index in [4.69, 9.17) is 4.74 Å². The number of rotatable bonds is 6. The Morgan fingerprint density at radius 3 is 2.39 bits per heavy atom. The van der Waals surface area contributed by atoms with Crippen LogP contribution < -0.4 is 10.1 Å². The molecule has 4 nitrogen and oxygen atoms in total. The lowest BCUT2D eigenvalue weighted by atomic mass is 10.0. The van der Waals surface area contributed by atoms with Crippen molar-refractivity contribution in [3.63, 3.8) is 0 Å². The quantitative estimate of drug-likeness (QED) is 0.470. The van der Waals surface area contributed by atoms with E-state index in [-0.39, 0.29) is 5.57 Å². The molecule has 0 radical (unpaired) electrons. The first-order chi connectivity index (χ1) is 13.7. The Kier molecular flexibility index (Phi) is 6.08. The van der Waals surface area contributed by atoms with Crippen molar-refractivity contribution in [3.05, 3.63) is 77.4 Å². The van der Waals surface area contributed by atoms with E-state index < -0.39 is 5.91 Å². The van der Waals surface area contributed by atoms with E-state index in [9.17, 15) is 10.1 Å². The van der Waals surface area contributed by atoms with E-state index in [1.165, 1.54) is 5.56 Å². The van der Waals surface area contributed by atoms with Gasteiger partial charge < -0.3 is 10.1 Å². The molecule has 0 saturated heterocycles. The zero-order chi connectivity index (χ0) is 19.9. The van der Waals surface area contributed by atoms with Gasteiger partial charge in [-0.3, -0.25) is 4.79 Å². The Balaban J connectivity index is 1.92. The van der Waals surface area contributed by atoms with Crippen molar-refractivity contribution in [1.82, 2.24) is 0 Å². The maximum Gasteiger partial charge on any atom is 0.266 e. The zero-order valence-corrected chi connectivity index (χ0v) is 16.0. The highest BCUT2D eigenvalue weighted by Gasteiger charge is 2.12. The fourth-order valence-electron chi connectivity index (χ4n) is 3.03. The van der Waals surface area contributed by atoms with Crippen molar-refractivity contribution >= 4 is 28.4 Å². The molecule has 0 saturated carbocycles. The number of fused-ring (bicyclic) bond motifs is 1. The first kappa shape index (κ1) is 19.2. The largest absolute Gasteiger partial charge is 0.493 e. The van der Waals surface area contributed by atoms with Crippen LogP contribution in [-0.4, -0.2) is 12.5 Å². The van der Waals surface area contributed by atoms with Gasteiger partial charge in [0.1, 0.15) is 17.4 Å². The summed E-state index contributed by atoms with van der Waals surface area (Å²) in [6.45, 7) is 4.58. The maximum absolute atomic E-state index is 12.6. The molecule has 1 amide bonds. The number of benzene rings is 3. The number of anilines is 1. The summed E-state index contributed by atoms with van der Waals surface area (Å²) in [6.07, 6.45) is 2.55. The van der Waals surface area contributed by atoms with E-state index in [2.05, 4.69) is 12.2 Å². The summed E-state index contributed by atoms with van der Waals surface area (Å²) in [5.74, 6) is 0.360. The van der Waals surface area contributed by atoms with Crippen molar-refractivity contribution in [3.8, 4) is 11.8 Å². The third kappa shape index (κ3) is 4.21. The average molecular weight is 370 g/mol. The number of nitrogens with one attached hydrogen (secondary N) is 1. The van der Waals surface area contributed by atoms with Crippen LogP contribution >= 0.6 is 0 Å². The lowest BCUT2D eigenvalue weighted by Gasteiger charge is -2.10. The molecule has 28 heavy (non-hydrogen) atoms. The Bertz CT molecular complexity index is 1060. The highest BCUT2D eigenvalue weighted by atomic mass is 16.5. The van der Waals surface area contributed by atoms with Crippen LogP contribution in [0, 0.1) is 11.3 Å². The van der Waals surface area contributed by atoms with Gasteiger partial charge >= 0.3 is 0 Å². The van der Waals surface area contributed by atoms with Gasteiger partial charge in [-0.05, 0) is 54.1 Å². The number of carbonyl (C=O) groups excluding carboxylic acids is 1. The predicted molar refractivity (Wildman–Crippen MR) is 113 cm³/mol. The molecule has 0 aromatic heterocycles. The molecule has 3 rings (SSSR count). The molecule has 0 aliphatic heterocycles. The molecule has 1 N–H and O–H groups in total. The van der Waals surface area contributed by atoms with Crippen molar-refractivity contribution in [1.29, 1.82) is 5.26 Å². The van der Waals surface area contributed by atoms with Gasteiger partial charge in [-0.1, -0.05) is 49.4 Å². The highest BCUT2D eigenvalue weighted by Crippen LogP contribution is 2.30. The molecule has 3 aromatic rings. The van der Waals surface area contributed by atoms with Gasteiger partial charge in [0.25, 0.3) is 5.91 Å². The number of carbonyl (C=O) groups is 1. The molecule has 0 unspecified atom stereocenters. The minimum absolute atomic E-state index is 0.0499. The Morgan fingerprint density at radius 2 is 1.75 bits per heavy atom. The van der Waals surface area contributed by atoms with Crippen LogP contribution in [0.2, 0.25) is 0 Å². The monoisotopic (exact) mass is 370 g/mol. The number of amides is 1. The van der Waals surface area contributed by atoms with E-state index in [0.29, 0.717) is 12.3 Å². The lowest BCUT2D eigenvalue weighted by Crippen LogP contribution is -2.13. The van der Waals surface area contributed by atoms with Crippen LogP contribution in [0.5, 0.6) is 5.75 Å². The molecule has 0 aliphatic carbocycles. The van der Waals surface area contributed by atoms with Gasteiger partial charge in [-0.2, -0.15) is 5.26 Å². The average Bonchev–Trinajstić information content (AvgIpc) is 2.73. The Morgan fingerprint density at radius 1 is 1.04 bits per heavy atom. The molecule has 4 heteroatoms. The van der Waals surface area contributed by atoms with Gasteiger partial charge in [-0.25, -0.2) is 0 Å². The van der Waals surface area contributed by atoms with Gasteiger partial charge in [0.2, 0.25) is 0 Å². The number of hydrogen-bond acceptors (Lipinski definition) is 3. The molecule has 140 valence electrons. The third-order valence-electron chi connectivity index (χ3n) is 4.50. The lowest BCUT2D eigenvalue weighted by molar-refractivity contribution is -0.112. The summed E-state index contributed by atoms with van der Waals surface area (Å²) in [7, 11) is 0. The number of aryl methyl sites for hydroxylation is 1. The summed E-state index contributed by atoms with van der Waals surface area (Å²) in [5.41, 5.74) is 2.70. The number of nitrogens with zero attached hydrogens (tertiary/aromatic N) is 1. The Hall–Kier alpha value is -3.58. The van der Waals surface area contributed by atoms with Gasteiger partial charge in [0.15, 0.2) is 0 Å². The van der Waals surface area contributed by atoms with Crippen LogP contribution in [0.25, 0.3) is 16.8 Å². The van der Waals surface area contributed by atoms with E-state index >= 15 is 0 Å². The normalized spacial score (nSPS) is 11.1. The van der Waals surface area contributed by atoms with Crippen molar-refractivity contribution in [2.45, 2.75) is 20.3 Å². The summed E-state index contributed by atoms with van der Waals surface area (Å²) in [5, 5.41) is 14.2. The van der Waals surface area contributed by atoms with Crippen molar-refractivity contribution in [2.75, 3.05) is 11.9 Å². The van der Waals surface area contributed by atoms with Crippen LogP contribution in [0.15, 0.2) is 66.2 Å². The van der Waals surface area contributed by atoms with Crippen LogP contribution in [0.3, 0.4) is 0 Å². The van der Waals surface area contributed by atoms with Crippen molar-refractivity contribution in [2.24, 2.45) is 0 Å². The topological polar surface area (TPSA) is 62.1 Å². The van der Waals surface area contributed by atoms with Crippen LogP contribution in [0.4, 0.5) is 5.69 Å². The van der Waals surface area contributed by atoms with Gasteiger partial charge in [0.05, 0.1) is 6.61 Å². The fraction of sp³-hybridized carbons (Fsp3) is 0.167. The predicted octanol–water partition coefficient (Wildman–Crippen LogP) is 5.35. The number of ether oxygens (including phenoxy) is 1. The van der Waals surface area contributed by atoms with Crippen LogP contribution in [0.1, 0.15) is 25.0 Å². The highest BCUT2D eigenvalue weighted by molar-refractivity contribution is 6.11. The molecule has 0 aliphatic rings. The molecular formula is C24H22N2O2. The molecule has 0 spiro atoms. The van der Waals surface area contributed by atoms with Crippen molar-refractivity contribution < 1.29 is 9.53 Å². The second-order valence-electron chi connectivity index (χ2n) is 6.31. The second-order valence-corrected chi connectivity index (χ2v) is 6.31. The first-order valence-electron chi connectivity index (χ1n) is 9.33. The molecule has 0 bridgehead atoms. The summed E-state index contributed by atoms with van der Waals surface area (Å²) >= 11 is 0. The minimum Gasteiger partial charge on any atom is -0.493 e. The smallest absolute Gasteiger partial charge is 0.266 e. The zero-order valence-electron chi connectivity index (χ0n) is 16.0. The van der Waals surface area contributed by atoms with Gasteiger partial charge in [0, 0.05) is 11.1 Å². The van der Waals surface area contributed by atoms with Crippen LogP contribution in [-0.2, 0) is 11.2 Å². The van der Waals surface area contributed by atoms with Gasteiger partial charge in [-0.15, -0.1) is 0 Å². The van der Waals surface area contributed by atoms with E-state index in [1.54, 1.807) is 6.08 Å². The third-order valence-corrected chi connectivity index (χ3v) is 4.50. The Labute approximate surface area is 165 Å². The summed E-state index contributed by atoms with van der Waals surface area (Å²) < 4.78 is 5.69. The fourth-order valence-corrected chi connectivity index (χ4v) is 3.03. The number of nitriles is 1. The summed E-state index contributed by atoms with van der Waals surface area (Å²) in [6, 6.07) is 21.2. The maximum atomic E-state index is 12.6. The molecule has 0 atom stereocenters. The minimum atomic E-state index is -0.426. The first-order valence-corrected chi connectivity index (χ1v) is 9.33. The van der Waals surface area contributed by atoms with E-state index in [0.717, 1.165) is 28.5 Å². The standard InChI is InChI=1S/C24H22N2O2/c1-3-17-9-12-20(13-10-17)26-24(27)19(16-25)15-18-11-14-23(28-4-2)22-8-6-5-7-21(18)22/h5-15H,3-4H2,1-2H3,(H,26,27)/b19-15-. The molecule has 0 heterocycles. The molecule has 0 fully saturated rings. The van der Waals surface area contributed by atoms with E-state index in [1.807, 2.05) is 73.7 Å². The summed E-state index contributed by atoms with van der Waals surface area (Å²) in [4.78, 5) is 12.6. The molecular weight excluding hydrogens is 348 g/mol. The number of hydrogen-bond donors (Lipinski definition) is 1. The second kappa shape index (κ2) is 8.88. The molecule has 3 aromatic carbocycles.